The van der Waals surface area contributed by atoms with E-state index in [-0.39, 0.29) is 11.5 Å². The Bertz CT molecular complexity index is 342. The summed E-state index contributed by atoms with van der Waals surface area (Å²) in [6.07, 6.45) is 6.97. The monoisotopic (exact) mass is 223 g/mol. The lowest BCUT2D eigenvalue weighted by atomic mass is 9.76. The maximum Gasteiger partial charge on any atom is 0.233 e. The van der Waals surface area contributed by atoms with Crippen molar-refractivity contribution < 1.29 is 4.42 Å². The van der Waals surface area contributed by atoms with E-state index >= 15 is 0 Å². The molecule has 2 N–H and O–H groups in total. The molecule has 0 aromatic carbocycles. The van der Waals surface area contributed by atoms with Gasteiger partial charge in [-0.1, -0.05) is 33.1 Å². The highest BCUT2D eigenvalue weighted by Crippen LogP contribution is 2.38. The molecule has 2 rings (SSSR count). The second-order valence-electron chi connectivity index (χ2n) is 5.08. The fourth-order valence-electron chi connectivity index (χ4n) is 2.35. The molecule has 1 atom stereocenters. The first kappa shape index (κ1) is 11.6. The third kappa shape index (κ3) is 2.12. The normalized spacial score (nSPS) is 21.9. The van der Waals surface area contributed by atoms with Crippen molar-refractivity contribution in [2.45, 2.75) is 63.8 Å². The minimum atomic E-state index is -0.117. The SMILES string of the molecule is CCC(N)c1nnc(C2(C)CCCCC2)o1. The van der Waals surface area contributed by atoms with Crippen molar-refractivity contribution in [3.05, 3.63) is 11.8 Å². The maximum atomic E-state index is 5.88. The Morgan fingerprint density at radius 1 is 1.31 bits per heavy atom. The molecule has 1 aliphatic carbocycles. The van der Waals surface area contributed by atoms with Crippen LogP contribution in [-0.4, -0.2) is 10.2 Å². The maximum absolute atomic E-state index is 5.88. The topological polar surface area (TPSA) is 64.9 Å². The van der Waals surface area contributed by atoms with Gasteiger partial charge in [-0.2, -0.15) is 0 Å². The fourth-order valence-corrected chi connectivity index (χ4v) is 2.35. The van der Waals surface area contributed by atoms with E-state index in [4.69, 9.17) is 10.2 Å². The summed E-state index contributed by atoms with van der Waals surface area (Å²) < 4.78 is 5.73. The van der Waals surface area contributed by atoms with Crippen LogP contribution in [-0.2, 0) is 5.41 Å². The van der Waals surface area contributed by atoms with Crippen LogP contribution in [0.1, 0.15) is 70.2 Å². The zero-order valence-corrected chi connectivity index (χ0v) is 10.2. The van der Waals surface area contributed by atoms with E-state index < -0.39 is 0 Å². The molecule has 1 heterocycles. The summed E-state index contributed by atoms with van der Waals surface area (Å²) in [6, 6.07) is -0.117. The smallest absolute Gasteiger partial charge is 0.233 e. The van der Waals surface area contributed by atoms with Crippen LogP contribution in [0.15, 0.2) is 4.42 Å². The highest BCUT2D eigenvalue weighted by molar-refractivity contribution is 5.04. The Morgan fingerprint density at radius 2 is 2.00 bits per heavy atom. The Kier molecular flexibility index (Phi) is 3.28. The Hall–Kier alpha value is -0.900. The van der Waals surface area contributed by atoms with Crippen LogP contribution in [0.3, 0.4) is 0 Å². The number of nitrogens with two attached hydrogens (primary N) is 1. The first-order valence-corrected chi connectivity index (χ1v) is 6.25. The van der Waals surface area contributed by atoms with Crippen molar-refractivity contribution in [2.24, 2.45) is 5.73 Å². The molecule has 0 bridgehead atoms. The number of nitrogens with zero attached hydrogens (tertiary/aromatic N) is 2. The molecule has 1 aromatic heterocycles. The summed E-state index contributed by atoms with van der Waals surface area (Å²) in [5, 5.41) is 8.25. The third-order valence-corrected chi connectivity index (χ3v) is 3.67. The average Bonchev–Trinajstić information content (AvgIpc) is 2.79. The third-order valence-electron chi connectivity index (χ3n) is 3.67. The molecule has 0 aliphatic heterocycles. The Balaban J connectivity index is 2.17. The molecule has 90 valence electrons. The van der Waals surface area contributed by atoms with Gasteiger partial charge in [0.05, 0.1) is 6.04 Å². The minimum absolute atomic E-state index is 0.0803. The lowest BCUT2D eigenvalue weighted by molar-refractivity contribution is 0.248. The Morgan fingerprint density at radius 3 is 2.62 bits per heavy atom. The summed E-state index contributed by atoms with van der Waals surface area (Å²) >= 11 is 0. The van der Waals surface area contributed by atoms with Gasteiger partial charge in [-0.25, -0.2) is 0 Å². The van der Waals surface area contributed by atoms with Gasteiger partial charge in [-0.3, -0.25) is 0 Å². The van der Waals surface area contributed by atoms with Gasteiger partial charge in [-0.05, 0) is 19.3 Å². The molecule has 1 aliphatic rings. The van der Waals surface area contributed by atoms with Gasteiger partial charge in [0.1, 0.15) is 0 Å². The van der Waals surface area contributed by atoms with Crippen LogP contribution in [0.4, 0.5) is 0 Å². The molecule has 4 nitrogen and oxygen atoms in total. The first-order chi connectivity index (χ1) is 7.65. The molecule has 0 radical (unpaired) electrons. The number of hydrogen-bond acceptors (Lipinski definition) is 4. The lowest BCUT2D eigenvalue weighted by Crippen LogP contribution is -2.25. The van der Waals surface area contributed by atoms with Gasteiger partial charge in [0.2, 0.25) is 11.8 Å². The average molecular weight is 223 g/mol. The van der Waals surface area contributed by atoms with E-state index in [0.29, 0.717) is 5.89 Å². The van der Waals surface area contributed by atoms with Crippen LogP contribution in [0.5, 0.6) is 0 Å². The highest BCUT2D eigenvalue weighted by atomic mass is 16.4. The van der Waals surface area contributed by atoms with Gasteiger partial charge in [0.15, 0.2) is 0 Å². The van der Waals surface area contributed by atoms with Crippen molar-refractivity contribution in [3.63, 3.8) is 0 Å². The van der Waals surface area contributed by atoms with Crippen molar-refractivity contribution in [3.8, 4) is 0 Å². The van der Waals surface area contributed by atoms with Gasteiger partial charge in [0, 0.05) is 5.41 Å². The lowest BCUT2D eigenvalue weighted by Gasteiger charge is -2.29. The molecule has 0 saturated heterocycles. The van der Waals surface area contributed by atoms with E-state index in [1.54, 1.807) is 0 Å². The molecule has 4 heteroatoms. The molecule has 1 aromatic rings. The van der Waals surface area contributed by atoms with Gasteiger partial charge >= 0.3 is 0 Å². The molecule has 0 amide bonds. The standard InChI is InChI=1S/C12H21N3O/c1-3-9(13)10-14-15-11(16-10)12(2)7-5-4-6-8-12/h9H,3-8,13H2,1-2H3. The summed E-state index contributed by atoms with van der Waals surface area (Å²) in [7, 11) is 0. The zero-order chi connectivity index (χ0) is 11.6. The summed E-state index contributed by atoms with van der Waals surface area (Å²) in [5.41, 5.74) is 5.96. The molecule has 1 fully saturated rings. The summed E-state index contributed by atoms with van der Waals surface area (Å²) in [4.78, 5) is 0. The van der Waals surface area contributed by atoms with Gasteiger partial charge in [0.25, 0.3) is 0 Å². The quantitative estimate of drug-likeness (QED) is 0.855. The summed E-state index contributed by atoms with van der Waals surface area (Å²) in [5.74, 6) is 1.37. The summed E-state index contributed by atoms with van der Waals surface area (Å²) in [6.45, 7) is 4.25. The van der Waals surface area contributed by atoms with Crippen LogP contribution in [0.25, 0.3) is 0 Å². The molecule has 0 spiro atoms. The number of hydrogen-bond donors (Lipinski definition) is 1. The highest BCUT2D eigenvalue weighted by Gasteiger charge is 2.34. The molecule has 1 saturated carbocycles. The molecular formula is C12H21N3O. The fraction of sp³-hybridized carbons (Fsp3) is 0.833. The largest absolute Gasteiger partial charge is 0.423 e. The number of rotatable bonds is 3. The number of aromatic nitrogens is 2. The molecule has 16 heavy (non-hydrogen) atoms. The van der Waals surface area contributed by atoms with Crippen LogP contribution >= 0.6 is 0 Å². The molecule has 1 unspecified atom stereocenters. The first-order valence-electron chi connectivity index (χ1n) is 6.25. The van der Waals surface area contributed by atoms with Crippen molar-refractivity contribution >= 4 is 0 Å². The van der Waals surface area contributed by atoms with E-state index in [1.165, 1.54) is 19.3 Å². The zero-order valence-electron chi connectivity index (χ0n) is 10.2. The van der Waals surface area contributed by atoms with E-state index in [2.05, 4.69) is 17.1 Å². The minimum Gasteiger partial charge on any atom is -0.423 e. The second-order valence-corrected chi connectivity index (χ2v) is 5.08. The van der Waals surface area contributed by atoms with Crippen molar-refractivity contribution in [1.29, 1.82) is 0 Å². The van der Waals surface area contributed by atoms with Gasteiger partial charge in [-0.15, -0.1) is 10.2 Å². The van der Waals surface area contributed by atoms with Gasteiger partial charge < -0.3 is 10.2 Å². The molecular weight excluding hydrogens is 202 g/mol. The predicted octanol–water partition coefficient (Wildman–Crippen LogP) is 2.70. The van der Waals surface area contributed by atoms with E-state index in [1.807, 2.05) is 6.92 Å². The van der Waals surface area contributed by atoms with Crippen molar-refractivity contribution in [1.82, 2.24) is 10.2 Å². The van der Waals surface area contributed by atoms with Crippen LogP contribution in [0, 0.1) is 0 Å². The van der Waals surface area contributed by atoms with E-state index in [9.17, 15) is 0 Å². The van der Waals surface area contributed by atoms with Crippen LogP contribution in [0.2, 0.25) is 0 Å². The van der Waals surface area contributed by atoms with E-state index in [0.717, 1.165) is 25.2 Å². The van der Waals surface area contributed by atoms with Crippen LogP contribution < -0.4 is 5.73 Å². The second kappa shape index (κ2) is 4.53. The predicted molar refractivity (Wildman–Crippen MR) is 62.0 cm³/mol. The van der Waals surface area contributed by atoms with Crippen molar-refractivity contribution in [2.75, 3.05) is 0 Å². The Labute approximate surface area is 96.6 Å².